The zero-order valence-corrected chi connectivity index (χ0v) is 28.2. The molecule has 3 heterocycles. The van der Waals surface area contributed by atoms with Crippen molar-refractivity contribution in [2.75, 3.05) is 19.6 Å². The van der Waals surface area contributed by atoms with E-state index in [9.17, 15) is 10.4 Å². The normalized spacial score (nSPS) is 20.9. The third kappa shape index (κ3) is 8.11. The van der Waals surface area contributed by atoms with E-state index >= 15 is 0 Å². The second-order valence-electron chi connectivity index (χ2n) is 11.9. The molecule has 3 aliphatic rings. The van der Waals surface area contributed by atoms with Gasteiger partial charge in [-0.3, -0.25) is 0 Å². The van der Waals surface area contributed by atoms with Gasteiger partial charge in [0.25, 0.3) is 0 Å². The molecule has 0 aromatic heterocycles. The summed E-state index contributed by atoms with van der Waals surface area (Å²) in [5.41, 5.74) is 2.86. The standard InChI is InChI=1S/C28H29N2O.C8H18.2BrH/c29-21-23-8-7-9-24(20-23)22-30-17-14-27(15-18-30,16-19-30)28(31,25-10-3-1-4-11-25)26-12-5-2-6-13-26;1-3-5-7-8-6-4-2;;/h1-13,20,31H,14-19,22H2;3-8H2,1-2H3;2*1H/q+1;;;/p-1. The van der Waals surface area contributed by atoms with Gasteiger partial charge in [0, 0.05) is 30.2 Å². The van der Waals surface area contributed by atoms with Crippen molar-refractivity contribution in [3.05, 3.63) is 107 Å². The van der Waals surface area contributed by atoms with E-state index in [-0.39, 0.29) is 39.4 Å². The van der Waals surface area contributed by atoms with Gasteiger partial charge in [0.2, 0.25) is 0 Å². The number of hydrogen-bond acceptors (Lipinski definition) is 2. The molecule has 0 radical (unpaired) electrons. The molecule has 5 heteroatoms. The van der Waals surface area contributed by atoms with E-state index in [1.807, 2.05) is 54.6 Å². The molecule has 222 valence electrons. The Balaban J connectivity index is 0.000000520. The molecular formula is C36H48Br2N2O. The van der Waals surface area contributed by atoms with Crippen LogP contribution in [0.1, 0.15) is 93.9 Å². The van der Waals surface area contributed by atoms with Gasteiger partial charge in [-0.25, -0.2) is 0 Å². The van der Waals surface area contributed by atoms with Gasteiger partial charge in [-0.05, 0) is 23.3 Å². The molecule has 3 aliphatic heterocycles. The van der Waals surface area contributed by atoms with E-state index in [0.29, 0.717) is 0 Å². The number of hydrogen-bond donors (Lipinski definition) is 1. The summed E-state index contributed by atoms with van der Waals surface area (Å²) >= 11 is 0. The number of aliphatic hydroxyl groups is 1. The van der Waals surface area contributed by atoms with Crippen LogP contribution in [0.15, 0.2) is 84.9 Å². The molecule has 3 aromatic carbocycles. The number of piperidine rings is 3. The molecule has 2 bridgehead atoms. The monoisotopic (exact) mass is 682 g/mol. The second-order valence-corrected chi connectivity index (χ2v) is 11.9. The minimum Gasteiger partial charge on any atom is -1.00 e. The van der Waals surface area contributed by atoms with Crippen molar-refractivity contribution >= 4 is 17.0 Å². The molecule has 3 aromatic rings. The molecule has 0 saturated carbocycles. The van der Waals surface area contributed by atoms with Crippen LogP contribution in [0.25, 0.3) is 0 Å². The van der Waals surface area contributed by atoms with Gasteiger partial charge in [-0.1, -0.05) is 125 Å². The maximum absolute atomic E-state index is 12.5. The van der Waals surface area contributed by atoms with Gasteiger partial charge in [-0.2, -0.15) is 5.26 Å². The first-order valence-corrected chi connectivity index (χ1v) is 15.2. The SMILES string of the molecule is Br.CCCCCCCC.N#Cc1cccc(C[N+]23CCC(C(O)(c4ccccc4)c4ccccc4)(CC2)CC3)c1.[Br-]. The molecule has 0 aliphatic carbocycles. The molecule has 3 saturated heterocycles. The molecular weight excluding hydrogens is 636 g/mol. The highest BCUT2D eigenvalue weighted by Crippen LogP contribution is 2.57. The van der Waals surface area contributed by atoms with Crippen LogP contribution in [-0.2, 0) is 12.1 Å². The second kappa shape index (κ2) is 16.6. The molecule has 3 nitrogen and oxygen atoms in total. The van der Waals surface area contributed by atoms with Crippen molar-refractivity contribution in [1.29, 1.82) is 5.26 Å². The zero-order valence-electron chi connectivity index (χ0n) is 24.9. The van der Waals surface area contributed by atoms with Crippen molar-refractivity contribution < 1.29 is 26.6 Å². The Morgan fingerprint density at radius 2 is 1.24 bits per heavy atom. The van der Waals surface area contributed by atoms with Crippen LogP contribution < -0.4 is 17.0 Å². The van der Waals surface area contributed by atoms with E-state index in [2.05, 4.69) is 50.2 Å². The number of nitriles is 1. The summed E-state index contributed by atoms with van der Waals surface area (Å²) in [6, 6.07) is 30.8. The van der Waals surface area contributed by atoms with Crippen molar-refractivity contribution in [3.8, 4) is 6.07 Å². The Hall–Kier alpha value is -1.97. The summed E-state index contributed by atoms with van der Waals surface area (Å²) < 4.78 is 1.07. The number of rotatable bonds is 10. The lowest BCUT2D eigenvalue weighted by molar-refractivity contribution is -0.958. The van der Waals surface area contributed by atoms with E-state index in [1.165, 1.54) is 44.1 Å². The quantitative estimate of drug-likeness (QED) is 0.212. The summed E-state index contributed by atoms with van der Waals surface area (Å²) in [5.74, 6) is 0. The fourth-order valence-corrected chi connectivity index (χ4v) is 6.96. The van der Waals surface area contributed by atoms with Crippen molar-refractivity contribution in [3.63, 3.8) is 0 Å². The summed E-state index contributed by atoms with van der Waals surface area (Å²) in [5, 5.41) is 21.7. The Labute approximate surface area is 269 Å². The first kappa shape index (κ1) is 35.2. The maximum atomic E-state index is 12.5. The Kier molecular flexibility index (Phi) is 14.3. The van der Waals surface area contributed by atoms with Crippen LogP contribution in [-0.4, -0.2) is 29.2 Å². The lowest BCUT2D eigenvalue weighted by Crippen LogP contribution is -3.00. The largest absolute Gasteiger partial charge is 1.00 e. The highest BCUT2D eigenvalue weighted by molar-refractivity contribution is 8.93. The third-order valence-corrected chi connectivity index (χ3v) is 9.38. The molecule has 0 amide bonds. The van der Waals surface area contributed by atoms with Gasteiger partial charge >= 0.3 is 0 Å². The predicted octanol–water partition coefficient (Wildman–Crippen LogP) is 5.94. The first-order valence-electron chi connectivity index (χ1n) is 15.2. The molecule has 0 unspecified atom stereocenters. The maximum Gasteiger partial charge on any atom is 0.121 e. The van der Waals surface area contributed by atoms with Crippen molar-refractivity contribution in [1.82, 2.24) is 0 Å². The van der Waals surface area contributed by atoms with Gasteiger partial charge in [0.1, 0.15) is 12.1 Å². The molecule has 0 atom stereocenters. The Morgan fingerprint density at radius 1 is 0.756 bits per heavy atom. The van der Waals surface area contributed by atoms with Crippen molar-refractivity contribution in [2.24, 2.45) is 5.41 Å². The number of nitrogens with zero attached hydrogens (tertiary/aromatic N) is 2. The predicted molar refractivity (Wildman–Crippen MR) is 171 cm³/mol. The summed E-state index contributed by atoms with van der Waals surface area (Å²) in [6.07, 6.45) is 11.5. The number of halogens is 2. The fourth-order valence-electron chi connectivity index (χ4n) is 6.96. The summed E-state index contributed by atoms with van der Waals surface area (Å²) in [4.78, 5) is 0. The minimum atomic E-state index is -0.979. The summed E-state index contributed by atoms with van der Waals surface area (Å²) in [7, 11) is 0. The van der Waals surface area contributed by atoms with E-state index < -0.39 is 5.60 Å². The number of unbranched alkanes of at least 4 members (excludes halogenated alkanes) is 5. The van der Waals surface area contributed by atoms with Gasteiger partial charge < -0.3 is 26.6 Å². The van der Waals surface area contributed by atoms with Crippen LogP contribution in [0.3, 0.4) is 0 Å². The van der Waals surface area contributed by atoms with Crippen LogP contribution in [0.4, 0.5) is 0 Å². The first-order chi connectivity index (χ1) is 19.0. The van der Waals surface area contributed by atoms with Crippen LogP contribution in [0.5, 0.6) is 0 Å². The van der Waals surface area contributed by atoms with Crippen LogP contribution in [0.2, 0.25) is 0 Å². The third-order valence-electron chi connectivity index (χ3n) is 9.38. The molecule has 1 N–H and O–H groups in total. The Morgan fingerprint density at radius 3 is 1.68 bits per heavy atom. The fraction of sp³-hybridized carbons (Fsp3) is 0.472. The van der Waals surface area contributed by atoms with E-state index in [4.69, 9.17) is 0 Å². The number of benzene rings is 3. The smallest absolute Gasteiger partial charge is 0.121 e. The molecule has 6 rings (SSSR count). The lowest BCUT2D eigenvalue weighted by Gasteiger charge is -2.60. The molecule has 0 spiro atoms. The van der Waals surface area contributed by atoms with Gasteiger partial charge in [0.15, 0.2) is 0 Å². The number of fused-ring (bicyclic) bond motifs is 3. The van der Waals surface area contributed by atoms with Gasteiger partial charge in [0.05, 0.1) is 31.3 Å². The van der Waals surface area contributed by atoms with Crippen LogP contribution >= 0.6 is 17.0 Å². The highest BCUT2D eigenvalue weighted by atomic mass is 79.9. The Bertz CT molecular complexity index is 1140. The van der Waals surface area contributed by atoms with Crippen molar-refractivity contribution in [2.45, 2.75) is 83.8 Å². The van der Waals surface area contributed by atoms with E-state index in [0.717, 1.165) is 66.6 Å². The molecule has 41 heavy (non-hydrogen) atoms. The van der Waals surface area contributed by atoms with Gasteiger partial charge in [-0.15, -0.1) is 17.0 Å². The average Bonchev–Trinajstić information content (AvgIpc) is 3.01. The average molecular weight is 685 g/mol. The minimum absolute atomic E-state index is 0. The lowest BCUT2D eigenvalue weighted by atomic mass is 9.56. The zero-order chi connectivity index (χ0) is 27.6. The summed E-state index contributed by atoms with van der Waals surface area (Å²) in [6.45, 7) is 8.69. The highest BCUT2D eigenvalue weighted by Gasteiger charge is 2.60. The van der Waals surface area contributed by atoms with E-state index in [1.54, 1.807) is 0 Å². The molecule has 3 fully saturated rings. The van der Waals surface area contributed by atoms with Crippen LogP contribution in [0, 0.1) is 16.7 Å². The topological polar surface area (TPSA) is 44.0 Å². The number of quaternary nitrogens is 1.